The molecule has 1 unspecified atom stereocenters. The Morgan fingerprint density at radius 2 is 2.12 bits per heavy atom. The van der Waals surface area contributed by atoms with Crippen LogP contribution in [0.5, 0.6) is 0 Å². The van der Waals surface area contributed by atoms with Crippen LogP contribution in [0.4, 0.5) is 0 Å². The number of carbonyl (C=O) groups excluding carboxylic acids is 1. The number of nitrogens with zero attached hydrogens (tertiary/aromatic N) is 3. The number of halogens is 2. The second-order valence-electron chi connectivity index (χ2n) is 6.46. The molecule has 1 N–H and O–H groups in total. The normalized spacial score (nSPS) is 17.3. The molecule has 1 amide bonds. The number of piperidine rings is 1. The molecular weight excluding hydrogens is 377 g/mol. The average molecular weight is 396 g/mol. The maximum absolute atomic E-state index is 12.8. The number of hydrogen-bond acceptors (Lipinski definition) is 3. The second kappa shape index (κ2) is 8.10. The topological polar surface area (TPSA) is 75.4 Å². The van der Waals surface area contributed by atoms with Crippen LogP contribution in [-0.2, 0) is 4.79 Å². The minimum absolute atomic E-state index is 0.0960. The minimum Gasteiger partial charge on any atom is -0.481 e. The molecule has 6 nitrogen and oxygen atoms in total. The lowest BCUT2D eigenvalue weighted by Gasteiger charge is -2.32. The Bertz CT molecular complexity index is 822. The molecule has 0 saturated carbocycles. The Labute approximate surface area is 161 Å². The summed E-state index contributed by atoms with van der Waals surface area (Å²) in [4.78, 5) is 25.3. The van der Waals surface area contributed by atoms with E-state index in [1.54, 1.807) is 34.0 Å². The Morgan fingerprint density at radius 3 is 2.85 bits per heavy atom. The van der Waals surface area contributed by atoms with Crippen LogP contribution in [0.15, 0.2) is 30.6 Å². The molecule has 0 bridgehead atoms. The van der Waals surface area contributed by atoms with Crippen LogP contribution >= 0.6 is 23.2 Å². The molecule has 1 fully saturated rings. The molecule has 26 heavy (non-hydrogen) atoms. The lowest BCUT2D eigenvalue weighted by atomic mass is 9.93. The molecule has 0 spiro atoms. The Kier molecular flexibility index (Phi) is 5.84. The predicted octanol–water partition coefficient (Wildman–Crippen LogP) is 3.90. The minimum atomic E-state index is -0.797. The number of carboxylic acids is 1. The van der Waals surface area contributed by atoms with Gasteiger partial charge in [0, 0.05) is 30.7 Å². The first-order chi connectivity index (χ1) is 12.4. The SMILES string of the molecule is O=C(O)CCC1CCCN(C(=O)c2cnn(-c3ccc(Cl)cc3Cl)c2)C1. The number of carboxylic acid groups (broad SMARTS) is 1. The summed E-state index contributed by atoms with van der Waals surface area (Å²) in [6.45, 7) is 1.26. The molecule has 2 aromatic rings. The van der Waals surface area contributed by atoms with E-state index in [0.717, 1.165) is 12.8 Å². The Balaban J connectivity index is 1.70. The zero-order valence-corrected chi connectivity index (χ0v) is 15.6. The third-order valence-corrected chi connectivity index (χ3v) is 5.10. The van der Waals surface area contributed by atoms with E-state index in [0.29, 0.717) is 40.8 Å². The Hall–Kier alpha value is -2.05. The summed E-state index contributed by atoms with van der Waals surface area (Å²) in [6.07, 6.45) is 5.74. The number of benzene rings is 1. The maximum Gasteiger partial charge on any atom is 0.303 e. The average Bonchev–Trinajstić information content (AvgIpc) is 3.09. The van der Waals surface area contributed by atoms with Crippen LogP contribution < -0.4 is 0 Å². The highest BCUT2D eigenvalue weighted by molar-refractivity contribution is 6.35. The van der Waals surface area contributed by atoms with Crippen molar-refractivity contribution in [3.05, 3.63) is 46.2 Å². The number of hydrogen-bond donors (Lipinski definition) is 1. The van der Waals surface area contributed by atoms with Crippen LogP contribution in [0.1, 0.15) is 36.0 Å². The molecular formula is C18H19Cl2N3O3. The van der Waals surface area contributed by atoms with Crippen LogP contribution in [0.25, 0.3) is 5.69 Å². The lowest BCUT2D eigenvalue weighted by Crippen LogP contribution is -2.40. The van der Waals surface area contributed by atoms with Gasteiger partial charge in [-0.25, -0.2) is 4.68 Å². The maximum atomic E-state index is 12.8. The summed E-state index contributed by atoms with van der Waals surface area (Å²) < 4.78 is 1.55. The number of rotatable bonds is 5. The summed E-state index contributed by atoms with van der Waals surface area (Å²) in [7, 11) is 0. The fraction of sp³-hybridized carbons (Fsp3) is 0.389. The monoisotopic (exact) mass is 395 g/mol. The van der Waals surface area contributed by atoms with Crippen molar-refractivity contribution in [3.63, 3.8) is 0 Å². The van der Waals surface area contributed by atoms with Crippen molar-refractivity contribution in [2.45, 2.75) is 25.7 Å². The van der Waals surface area contributed by atoms with Gasteiger partial charge in [0.05, 0.1) is 22.5 Å². The summed E-state index contributed by atoms with van der Waals surface area (Å²) in [5.41, 5.74) is 1.13. The van der Waals surface area contributed by atoms with Crippen LogP contribution in [-0.4, -0.2) is 44.8 Å². The molecule has 1 aliphatic heterocycles. The number of aromatic nitrogens is 2. The number of carbonyl (C=O) groups is 2. The van der Waals surface area contributed by atoms with Crippen molar-refractivity contribution in [2.24, 2.45) is 5.92 Å². The van der Waals surface area contributed by atoms with Gasteiger partial charge in [-0.1, -0.05) is 23.2 Å². The first-order valence-corrected chi connectivity index (χ1v) is 9.21. The van der Waals surface area contributed by atoms with Crippen molar-refractivity contribution in [1.29, 1.82) is 0 Å². The van der Waals surface area contributed by atoms with Gasteiger partial charge in [0.15, 0.2) is 0 Å². The third kappa shape index (κ3) is 4.37. The molecule has 0 aliphatic carbocycles. The first-order valence-electron chi connectivity index (χ1n) is 8.45. The number of aliphatic carboxylic acids is 1. The van der Waals surface area contributed by atoms with E-state index < -0.39 is 5.97 Å². The van der Waals surface area contributed by atoms with E-state index in [1.165, 1.54) is 6.20 Å². The summed E-state index contributed by atoms with van der Waals surface area (Å²) in [5.74, 6) is -0.666. The van der Waals surface area contributed by atoms with Crippen molar-refractivity contribution in [2.75, 3.05) is 13.1 Å². The quantitative estimate of drug-likeness (QED) is 0.832. The summed E-state index contributed by atoms with van der Waals surface area (Å²) >= 11 is 12.1. The smallest absolute Gasteiger partial charge is 0.303 e. The van der Waals surface area contributed by atoms with Gasteiger partial charge in [-0.15, -0.1) is 0 Å². The van der Waals surface area contributed by atoms with Crippen molar-refractivity contribution < 1.29 is 14.7 Å². The molecule has 138 valence electrons. The van der Waals surface area contributed by atoms with Crippen LogP contribution in [0.2, 0.25) is 10.0 Å². The van der Waals surface area contributed by atoms with Gasteiger partial charge < -0.3 is 10.0 Å². The molecule has 1 aliphatic rings. The van der Waals surface area contributed by atoms with Crippen LogP contribution in [0.3, 0.4) is 0 Å². The molecule has 1 saturated heterocycles. The number of likely N-dealkylation sites (tertiary alicyclic amines) is 1. The molecule has 1 atom stereocenters. The first kappa shape index (κ1) is 18.7. The van der Waals surface area contributed by atoms with Gasteiger partial charge in [-0.3, -0.25) is 9.59 Å². The number of amides is 1. The van der Waals surface area contributed by atoms with Crippen molar-refractivity contribution in [1.82, 2.24) is 14.7 Å². The second-order valence-corrected chi connectivity index (χ2v) is 7.30. The molecule has 1 aromatic carbocycles. The molecule has 2 heterocycles. The summed E-state index contributed by atoms with van der Waals surface area (Å²) in [5, 5.41) is 14.1. The van der Waals surface area contributed by atoms with Gasteiger partial charge in [-0.2, -0.15) is 5.10 Å². The van der Waals surface area contributed by atoms with E-state index in [1.807, 2.05) is 0 Å². The lowest BCUT2D eigenvalue weighted by molar-refractivity contribution is -0.137. The predicted molar refractivity (Wildman–Crippen MR) is 99.1 cm³/mol. The zero-order valence-electron chi connectivity index (χ0n) is 14.1. The molecule has 1 aromatic heterocycles. The molecule has 0 radical (unpaired) electrons. The van der Waals surface area contributed by atoms with E-state index in [4.69, 9.17) is 28.3 Å². The van der Waals surface area contributed by atoms with E-state index >= 15 is 0 Å². The van der Waals surface area contributed by atoms with E-state index in [2.05, 4.69) is 5.10 Å². The zero-order chi connectivity index (χ0) is 18.7. The fourth-order valence-electron chi connectivity index (χ4n) is 3.23. The highest BCUT2D eigenvalue weighted by Gasteiger charge is 2.25. The molecule has 8 heteroatoms. The van der Waals surface area contributed by atoms with E-state index in [-0.39, 0.29) is 18.2 Å². The standard InChI is InChI=1S/C18H19Cl2N3O3/c19-14-4-5-16(15(20)8-14)23-11-13(9-21-23)18(26)22-7-1-2-12(10-22)3-6-17(24)25/h4-5,8-9,11-12H,1-3,6-7,10H2,(H,24,25). The largest absolute Gasteiger partial charge is 0.481 e. The van der Waals surface area contributed by atoms with Gasteiger partial charge in [0.25, 0.3) is 5.91 Å². The van der Waals surface area contributed by atoms with Gasteiger partial charge in [0.2, 0.25) is 0 Å². The van der Waals surface area contributed by atoms with Crippen molar-refractivity contribution in [3.8, 4) is 5.69 Å². The van der Waals surface area contributed by atoms with Gasteiger partial charge >= 0.3 is 5.97 Å². The Morgan fingerprint density at radius 1 is 1.31 bits per heavy atom. The van der Waals surface area contributed by atoms with Crippen molar-refractivity contribution >= 4 is 35.1 Å². The van der Waals surface area contributed by atoms with Gasteiger partial charge in [0.1, 0.15) is 0 Å². The highest BCUT2D eigenvalue weighted by atomic mass is 35.5. The fourth-order valence-corrected chi connectivity index (χ4v) is 3.72. The van der Waals surface area contributed by atoms with E-state index in [9.17, 15) is 9.59 Å². The van der Waals surface area contributed by atoms with Crippen LogP contribution in [0, 0.1) is 5.92 Å². The summed E-state index contributed by atoms with van der Waals surface area (Å²) in [6, 6.07) is 5.08. The molecule has 3 rings (SSSR count). The highest BCUT2D eigenvalue weighted by Crippen LogP contribution is 2.25. The third-order valence-electron chi connectivity index (χ3n) is 4.56. The van der Waals surface area contributed by atoms with Gasteiger partial charge in [-0.05, 0) is 43.4 Å².